The summed E-state index contributed by atoms with van der Waals surface area (Å²) < 4.78 is 0. The Balaban J connectivity index is 2.07. The second-order valence-corrected chi connectivity index (χ2v) is 5.48. The van der Waals surface area contributed by atoms with E-state index in [9.17, 15) is 0 Å². The van der Waals surface area contributed by atoms with E-state index in [-0.39, 0.29) is 6.04 Å². The maximum Gasteiger partial charge on any atom is 0.0558 e. The van der Waals surface area contributed by atoms with Crippen LogP contribution in [0.2, 0.25) is 10.0 Å². The second kappa shape index (κ2) is 6.38. The molecule has 0 saturated heterocycles. The molecule has 100 valence electrons. The van der Waals surface area contributed by atoms with Gasteiger partial charge in [0, 0.05) is 28.8 Å². The zero-order chi connectivity index (χ0) is 13.8. The summed E-state index contributed by atoms with van der Waals surface area (Å²) in [5.74, 6) is 0. The van der Waals surface area contributed by atoms with E-state index < -0.39 is 0 Å². The van der Waals surface area contributed by atoms with Crippen molar-refractivity contribution in [3.8, 4) is 0 Å². The van der Waals surface area contributed by atoms with E-state index in [1.54, 1.807) is 12.3 Å². The highest BCUT2D eigenvalue weighted by Crippen LogP contribution is 2.22. The summed E-state index contributed by atoms with van der Waals surface area (Å²) in [5.41, 5.74) is 2.20. The molecule has 1 heterocycles. The first-order valence-corrected chi connectivity index (χ1v) is 6.88. The molecular formula is C15H16Cl2N2. The van der Waals surface area contributed by atoms with Gasteiger partial charge in [-0.1, -0.05) is 35.3 Å². The molecule has 2 aromatic rings. The molecule has 0 aliphatic rings. The lowest BCUT2D eigenvalue weighted by molar-refractivity contribution is 0.250. The van der Waals surface area contributed by atoms with Gasteiger partial charge in [0.1, 0.15) is 0 Å². The van der Waals surface area contributed by atoms with Crippen molar-refractivity contribution in [3.05, 3.63) is 63.9 Å². The Kier molecular flexibility index (Phi) is 4.81. The monoisotopic (exact) mass is 294 g/mol. The van der Waals surface area contributed by atoms with Crippen LogP contribution < -0.4 is 0 Å². The van der Waals surface area contributed by atoms with Crippen molar-refractivity contribution >= 4 is 23.2 Å². The summed E-state index contributed by atoms with van der Waals surface area (Å²) in [6.07, 6.45) is 1.73. The van der Waals surface area contributed by atoms with Crippen LogP contribution >= 0.6 is 23.2 Å². The molecule has 0 fully saturated rings. The fourth-order valence-corrected chi connectivity index (χ4v) is 2.23. The molecule has 0 N–H and O–H groups in total. The van der Waals surface area contributed by atoms with Gasteiger partial charge in [-0.05, 0) is 43.8 Å². The van der Waals surface area contributed by atoms with Crippen LogP contribution in [0.4, 0.5) is 0 Å². The van der Waals surface area contributed by atoms with Crippen molar-refractivity contribution in [3.63, 3.8) is 0 Å². The van der Waals surface area contributed by atoms with Crippen molar-refractivity contribution in [1.82, 2.24) is 9.88 Å². The summed E-state index contributed by atoms with van der Waals surface area (Å²) in [6.45, 7) is 2.91. The number of nitrogens with zero attached hydrogens (tertiary/aromatic N) is 2. The van der Waals surface area contributed by atoms with Crippen molar-refractivity contribution in [2.75, 3.05) is 7.05 Å². The molecule has 19 heavy (non-hydrogen) atoms. The molecule has 1 aromatic heterocycles. The third kappa shape index (κ3) is 3.93. The van der Waals surface area contributed by atoms with Gasteiger partial charge in [-0.3, -0.25) is 9.88 Å². The Morgan fingerprint density at radius 3 is 2.42 bits per heavy atom. The Hall–Kier alpha value is -1.09. The summed E-state index contributed by atoms with van der Waals surface area (Å²) in [4.78, 5) is 6.55. The van der Waals surface area contributed by atoms with Gasteiger partial charge < -0.3 is 0 Å². The predicted molar refractivity (Wildman–Crippen MR) is 80.6 cm³/mol. The van der Waals surface area contributed by atoms with Crippen molar-refractivity contribution in [2.24, 2.45) is 0 Å². The number of rotatable bonds is 4. The molecule has 0 radical (unpaired) electrons. The zero-order valence-electron chi connectivity index (χ0n) is 11.0. The maximum absolute atomic E-state index is 5.97. The van der Waals surface area contributed by atoms with E-state index in [4.69, 9.17) is 23.2 Å². The minimum absolute atomic E-state index is 0.290. The van der Waals surface area contributed by atoms with Gasteiger partial charge in [0.05, 0.1) is 5.69 Å². The molecule has 0 bridgehead atoms. The number of aromatic nitrogens is 1. The van der Waals surface area contributed by atoms with Crippen molar-refractivity contribution in [2.45, 2.75) is 19.5 Å². The summed E-state index contributed by atoms with van der Waals surface area (Å²) in [7, 11) is 2.07. The molecule has 1 atom stereocenters. The van der Waals surface area contributed by atoms with Gasteiger partial charge in [-0.15, -0.1) is 0 Å². The Morgan fingerprint density at radius 2 is 1.79 bits per heavy atom. The van der Waals surface area contributed by atoms with Crippen LogP contribution in [0.1, 0.15) is 24.2 Å². The van der Waals surface area contributed by atoms with Gasteiger partial charge in [-0.25, -0.2) is 0 Å². The molecule has 0 aliphatic carbocycles. The average Bonchev–Trinajstić information content (AvgIpc) is 2.39. The quantitative estimate of drug-likeness (QED) is 0.820. The maximum atomic E-state index is 5.97. The fraction of sp³-hybridized carbons (Fsp3) is 0.267. The normalized spacial score (nSPS) is 12.7. The molecule has 0 spiro atoms. The van der Waals surface area contributed by atoms with Crippen LogP contribution in [-0.2, 0) is 6.54 Å². The minimum atomic E-state index is 0.290. The molecule has 1 unspecified atom stereocenters. The highest BCUT2D eigenvalue weighted by Gasteiger charge is 2.12. The first-order valence-electron chi connectivity index (χ1n) is 6.12. The average molecular weight is 295 g/mol. The second-order valence-electron chi connectivity index (χ2n) is 4.61. The van der Waals surface area contributed by atoms with Crippen LogP contribution in [0.15, 0.2) is 42.6 Å². The van der Waals surface area contributed by atoms with E-state index in [1.165, 1.54) is 5.56 Å². The van der Waals surface area contributed by atoms with E-state index >= 15 is 0 Å². The highest BCUT2D eigenvalue weighted by atomic mass is 35.5. The third-order valence-corrected chi connectivity index (χ3v) is 3.69. The molecule has 1 aromatic carbocycles. The number of halogens is 2. The largest absolute Gasteiger partial charge is 0.294 e. The predicted octanol–water partition coefficient (Wildman–Crippen LogP) is 4.58. The van der Waals surface area contributed by atoms with Gasteiger partial charge in [0.15, 0.2) is 0 Å². The smallest absolute Gasteiger partial charge is 0.0558 e. The van der Waals surface area contributed by atoms with E-state index in [1.807, 2.05) is 18.2 Å². The lowest BCUT2D eigenvalue weighted by Crippen LogP contribution is -2.22. The summed E-state index contributed by atoms with van der Waals surface area (Å²) >= 11 is 11.9. The van der Waals surface area contributed by atoms with Gasteiger partial charge >= 0.3 is 0 Å². The highest BCUT2D eigenvalue weighted by molar-refractivity contribution is 6.30. The standard InChI is InChI=1S/C15H16Cl2N2/c1-11(12-3-5-13(16)6-4-12)19(2)10-15-9-14(17)7-8-18-15/h3-9,11H,10H2,1-2H3. The van der Waals surface area contributed by atoms with Crippen LogP contribution in [0, 0.1) is 0 Å². The third-order valence-electron chi connectivity index (χ3n) is 3.20. The van der Waals surface area contributed by atoms with Crippen molar-refractivity contribution < 1.29 is 0 Å². The van der Waals surface area contributed by atoms with Gasteiger partial charge in [0.2, 0.25) is 0 Å². The fourth-order valence-electron chi connectivity index (χ4n) is 1.92. The molecule has 2 rings (SSSR count). The van der Waals surface area contributed by atoms with Crippen LogP contribution in [0.25, 0.3) is 0 Å². The van der Waals surface area contributed by atoms with E-state index in [0.29, 0.717) is 0 Å². The van der Waals surface area contributed by atoms with E-state index in [0.717, 1.165) is 22.3 Å². The SMILES string of the molecule is CC(c1ccc(Cl)cc1)N(C)Cc1cc(Cl)ccn1. The molecule has 4 heteroatoms. The summed E-state index contributed by atoms with van der Waals surface area (Å²) in [6, 6.07) is 11.9. The molecule has 2 nitrogen and oxygen atoms in total. The van der Waals surface area contributed by atoms with Crippen molar-refractivity contribution in [1.29, 1.82) is 0 Å². The topological polar surface area (TPSA) is 16.1 Å². The Bertz CT molecular complexity index is 540. The number of hydrogen-bond donors (Lipinski definition) is 0. The lowest BCUT2D eigenvalue weighted by atomic mass is 10.1. The number of pyridine rings is 1. The first-order chi connectivity index (χ1) is 9.06. The first kappa shape index (κ1) is 14.3. The van der Waals surface area contributed by atoms with Crippen LogP contribution in [0.5, 0.6) is 0 Å². The molecule has 0 amide bonds. The van der Waals surface area contributed by atoms with Crippen LogP contribution in [-0.4, -0.2) is 16.9 Å². The number of benzene rings is 1. The molecular weight excluding hydrogens is 279 g/mol. The Labute approximate surface area is 124 Å². The van der Waals surface area contributed by atoms with Gasteiger partial charge in [0.25, 0.3) is 0 Å². The zero-order valence-corrected chi connectivity index (χ0v) is 12.5. The molecule has 0 aliphatic heterocycles. The minimum Gasteiger partial charge on any atom is -0.294 e. The Morgan fingerprint density at radius 1 is 1.11 bits per heavy atom. The van der Waals surface area contributed by atoms with E-state index in [2.05, 4.69) is 36.0 Å². The number of hydrogen-bond acceptors (Lipinski definition) is 2. The summed E-state index contributed by atoms with van der Waals surface area (Å²) in [5, 5.41) is 1.48. The van der Waals surface area contributed by atoms with Crippen LogP contribution in [0.3, 0.4) is 0 Å². The lowest BCUT2D eigenvalue weighted by Gasteiger charge is -2.24. The molecule has 0 saturated carbocycles. The van der Waals surface area contributed by atoms with Gasteiger partial charge in [-0.2, -0.15) is 0 Å².